The molecule has 0 aliphatic heterocycles. The van der Waals surface area contributed by atoms with E-state index in [1.54, 1.807) is 42.5 Å². The molecule has 0 radical (unpaired) electrons. The molecule has 0 aliphatic rings. The van der Waals surface area contributed by atoms with E-state index in [1.165, 1.54) is 31.9 Å². The summed E-state index contributed by atoms with van der Waals surface area (Å²) in [5, 5.41) is 3.89. The molecule has 9 heteroatoms. The van der Waals surface area contributed by atoms with Gasteiger partial charge in [-0.15, -0.1) is 0 Å². The zero-order chi connectivity index (χ0) is 22.1. The Morgan fingerprint density at radius 3 is 2.58 bits per heavy atom. The van der Waals surface area contributed by atoms with E-state index in [1.807, 2.05) is 6.92 Å². The van der Waals surface area contributed by atoms with E-state index < -0.39 is 11.9 Å². The number of hydrogen-bond acceptors (Lipinski definition) is 8. The highest BCUT2D eigenvalue weighted by Crippen LogP contribution is 2.28. The van der Waals surface area contributed by atoms with Crippen LogP contribution in [0.4, 0.5) is 0 Å². The zero-order valence-electron chi connectivity index (χ0n) is 16.9. The van der Waals surface area contributed by atoms with Crippen LogP contribution in [0.1, 0.15) is 33.3 Å². The Bertz CT molecular complexity index is 1070. The molecule has 0 saturated heterocycles. The SMILES string of the molecule is CCOc1ccc(C(=O)Oc2ccc(C=NNC(=O)c3cnccn3)cc2OC)cc1. The number of methoxy groups -OCH3 is 1. The van der Waals surface area contributed by atoms with E-state index in [0.29, 0.717) is 29.2 Å². The van der Waals surface area contributed by atoms with Crippen molar-refractivity contribution in [2.45, 2.75) is 6.92 Å². The molecule has 3 aromatic rings. The van der Waals surface area contributed by atoms with Gasteiger partial charge in [-0.2, -0.15) is 5.10 Å². The Morgan fingerprint density at radius 2 is 1.90 bits per heavy atom. The summed E-state index contributed by atoms with van der Waals surface area (Å²) in [7, 11) is 1.46. The highest BCUT2D eigenvalue weighted by molar-refractivity contribution is 5.93. The third-order valence-corrected chi connectivity index (χ3v) is 3.97. The topological polar surface area (TPSA) is 112 Å². The van der Waals surface area contributed by atoms with Gasteiger partial charge in [0.25, 0.3) is 5.91 Å². The number of amides is 1. The first-order valence-corrected chi connectivity index (χ1v) is 9.33. The van der Waals surface area contributed by atoms with Gasteiger partial charge in [-0.25, -0.2) is 15.2 Å². The van der Waals surface area contributed by atoms with Crippen molar-refractivity contribution in [3.05, 3.63) is 77.9 Å². The molecule has 1 heterocycles. The molecule has 0 bridgehead atoms. The van der Waals surface area contributed by atoms with Gasteiger partial charge >= 0.3 is 5.97 Å². The van der Waals surface area contributed by atoms with Gasteiger partial charge in [-0.3, -0.25) is 9.78 Å². The summed E-state index contributed by atoms with van der Waals surface area (Å²) >= 11 is 0. The molecular weight excluding hydrogens is 400 g/mol. The Balaban J connectivity index is 1.65. The molecule has 0 atom stereocenters. The summed E-state index contributed by atoms with van der Waals surface area (Å²) in [5.74, 6) is 0.244. The number of esters is 1. The van der Waals surface area contributed by atoms with Gasteiger partial charge in [-0.1, -0.05) is 0 Å². The van der Waals surface area contributed by atoms with Crippen LogP contribution in [-0.2, 0) is 0 Å². The first-order valence-electron chi connectivity index (χ1n) is 9.33. The quantitative estimate of drug-likeness (QED) is 0.258. The molecule has 158 valence electrons. The minimum atomic E-state index is -0.529. The number of rotatable bonds is 8. The minimum absolute atomic E-state index is 0.147. The monoisotopic (exact) mass is 420 g/mol. The molecule has 2 aromatic carbocycles. The number of aromatic nitrogens is 2. The van der Waals surface area contributed by atoms with Crippen LogP contribution >= 0.6 is 0 Å². The van der Waals surface area contributed by atoms with E-state index in [4.69, 9.17) is 14.2 Å². The lowest BCUT2D eigenvalue weighted by molar-refractivity contribution is 0.0729. The maximum atomic E-state index is 12.4. The number of carbonyl (C=O) groups excluding carboxylic acids is 2. The van der Waals surface area contributed by atoms with Gasteiger partial charge < -0.3 is 14.2 Å². The highest BCUT2D eigenvalue weighted by Gasteiger charge is 2.13. The Kier molecular flexibility index (Phi) is 7.26. The first-order chi connectivity index (χ1) is 15.1. The third kappa shape index (κ3) is 5.86. The fourth-order valence-corrected chi connectivity index (χ4v) is 2.50. The number of carbonyl (C=O) groups is 2. The average Bonchev–Trinajstić information content (AvgIpc) is 2.81. The predicted molar refractivity (Wildman–Crippen MR) is 113 cm³/mol. The van der Waals surface area contributed by atoms with E-state index >= 15 is 0 Å². The number of nitrogens with zero attached hydrogens (tertiary/aromatic N) is 3. The molecule has 0 spiro atoms. The summed E-state index contributed by atoms with van der Waals surface area (Å²) in [6.45, 7) is 2.43. The summed E-state index contributed by atoms with van der Waals surface area (Å²) in [5.41, 5.74) is 3.51. The Labute approximate surface area is 178 Å². The molecule has 9 nitrogen and oxygen atoms in total. The molecule has 0 unspecified atom stereocenters. The lowest BCUT2D eigenvalue weighted by Crippen LogP contribution is -2.19. The smallest absolute Gasteiger partial charge is 0.343 e. The third-order valence-electron chi connectivity index (χ3n) is 3.97. The second-order valence-corrected chi connectivity index (χ2v) is 6.05. The summed E-state index contributed by atoms with van der Waals surface area (Å²) in [6, 6.07) is 11.5. The fourth-order valence-electron chi connectivity index (χ4n) is 2.50. The fraction of sp³-hybridized carbons (Fsp3) is 0.136. The van der Waals surface area contributed by atoms with E-state index in [9.17, 15) is 9.59 Å². The maximum Gasteiger partial charge on any atom is 0.343 e. The summed E-state index contributed by atoms with van der Waals surface area (Å²) in [4.78, 5) is 32.0. The number of ether oxygens (including phenoxy) is 3. The van der Waals surface area contributed by atoms with E-state index in [-0.39, 0.29) is 11.4 Å². The van der Waals surface area contributed by atoms with Crippen LogP contribution in [0.2, 0.25) is 0 Å². The molecule has 0 fully saturated rings. The highest BCUT2D eigenvalue weighted by atomic mass is 16.6. The summed E-state index contributed by atoms with van der Waals surface area (Å²) < 4.78 is 16.1. The van der Waals surface area contributed by atoms with Crippen LogP contribution in [0, 0.1) is 0 Å². The normalized spacial score (nSPS) is 10.5. The van der Waals surface area contributed by atoms with Crippen LogP contribution in [0.15, 0.2) is 66.2 Å². The molecule has 1 amide bonds. The summed E-state index contributed by atoms with van der Waals surface area (Å²) in [6.07, 6.45) is 5.64. The van der Waals surface area contributed by atoms with Crippen molar-refractivity contribution >= 4 is 18.1 Å². The van der Waals surface area contributed by atoms with Crippen molar-refractivity contribution in [1.29, 1.82) is 0 Å². The lowest BCUT2D eigenvalue weighted by atomic mass is 10.2. The lowest BCUT2D eigenvalue weighted by Gasteiger charge is -2.10. The zero-order valence-corrected chi connectivity index (χ0v) is 16.9. The first kappa shape index (κ1) is 21.4. The van der Waals surface area contributed by atoms with Crippen molar-refractivity contribution < 1.29 is 23.8 Å². The van der Waals surface area contributed by atoms with Gasteiger partial charge in [0.15, 0.2) is 11.5 Å². The Morgan fingerprint density at radius 1 is 1.10 bits per heavy atom. The number of hydrogen-bond donors (Lipinski definition) is 1. The Hall–Kier alpha value is -4.27. The van der Waals surface area contributed by atoms with Crippen molar-refractivity contribution in [3.63, 3.8) is 0 Å². The van der Waals surface area contributed by atoms with Crippen molar-refractivity contribution in [2.24, 2.45) is 5.10 Å². The van der Waals surface area contributed by atoms with Gasteiger partial charge in [-0.05, 0) is 55.0 Å². The van der Waals surface area contributed by atoms with Crippen LogP contribution < -0.4 is 19.6 Å². The molecule has 1 aromatic heterocycles. The second-order valence-electron chi connectivity index (χ2n) is 6.05. The molecule has 31 heavy (non-hydrogen) atoms. The van der Waals surface area contributed by atoms with E-state index in [2.05, 4.69) is 20.5 Å². The van der Waals surface area contributed by atoms with Gasteiger partial charge in [0.1, 0.15) is 11.4 Å². The second kappa shape index (κ2) is 10.5. The van der Waals surface area contributed by atoms with Crippen LogP contribution in [-0.4, -0.2) is 41.8 Å². The van der Waals surface area contributed by atoms with E-state index in [0.717, 1.165) is 0 Å². The largest absolute Gasteiger partial charge is 0.494 e. The molecular formula is C22H20N4O5. The van der Waals surface area contributed by atoms with Crippen LogP contribution in [0.25, 0.3) is 0 Å². The molecule has 3 rings (SSSR count). The maximum absolute atomic E-state index is 12.4. The average molecular weight is 420 g/mol. The van der Waals surface area contributed by atoms with Crippen LogP contribution in [0.5, 0.6) is 17.2 Å². The number of nitrogens with one attached hydrogen (secondary N) is 1. The molecule has 1 N–H and O–H groups in total. The number of hydrazone groups is 1. The number of benzene rings is 2. The standard InChI is InChI=1S/C22H20N4O5/c1-3-30-17-7-5-16(6-8-17)22(28)31-19-9-4-15(12-20(19)29-2)13-25-26-21(27)18-14-23-10-11-24-18/h4-14H,3H2,1-2H3,(H,26,27). The van der Waals surface area contributed by atoms with Crippen LogP contribution in [0.3, 0.4) is 0 Å². The van der Waals surface area contributed by atoms with Gasteiger partial charge in [0.05, 0.1) is 31.7 Å². The van der Waals surface area contributed by atoms with Gasteiger partial charge in [0.2, 0.25) is 0 Å². The van der Waals surface area contributed by atoms with Crippen molar-refractivity contribution in [2.75, 3.05) is 13.7 Å². The predicted octanol–water partition coefficient (Wildman–Crippen LogP) is 2.87. The van der Waals surface area contributed by atoms with Crippen molar-refractivity contribution in [1.82, 2.24) is 15.4 Å². The van der Waals surface area contributed by atoms with Gasteiger partial charge in [0, 0.05) is 12.4 Å². The molecule has 0 saturated carbocycles. The minimum Gasteiger partial charge on any atom is -0.494 e. The molecule has 0 aliphatic carbocycles. The van der Waals surface area contributed by atoms with Crippen molar-refractivity contribution in [3.8, 4) is 17.2 Å².